The van der Waals surface area contributed by atoms with Crippen molar-refractivity contribution in [1.29, 1.82) is 0 Å². The Morgan fingerprint density at radius 2 is 1.82 bits per heavy atom. The van der Waals surface area contributed by atoms with Gasteiger partial charge in [0.1, 0.15) is 6.61 Å². The molecule has 8 nitrogen and oxygen atoms in total. The first-order valence-electron chi connectivity index (χ1n) is 10.7. The highest BCUT2D eigenvalue weighted by molar-refractivity contribution is 5.93. The van der Waals surface area contributed by atoms with Gasteiger partial charge in [-0.2, -0.15) is 0 Å². The van der Waals surface area contributed by atoms with E-state index >= 15 is 0 Å². The highest BCUT2D eigenvalue weighted by atomic mass is 16.6. The molecule has 0 radical (unpaired) electrons. The zero-order chi connectivity index (χ0) is 24.7. The summed E-state index contributed by atoms with van der Waals surface area (Å²) in [5.41, 5.74) is 3.49. The number of dihydropyridines is 1. The van der Waals surface area contributed by atoms with Crippen molar-refractivity contribution in [2.75, 3.05) is 13.7 Å². The molecule has 0 bridgehead atoms. The number of nitrogens with one attached hydrogen (secondary N) is 1. The summed E-state index contributed by atoms with van der Waals surface area (Å²) in [6, 6.07) is 15.6. The summed E-state index contributed by atoms with van der Waals surface area (Å²) >= 11 is 0. The number of hydrogen-bond donors (Lipinski definition) is 1. The number of rotatable bonds is 8. The standard InChI is InChI=1S/C26H26N2O6/c1-17-22(16-23(29)33-3)25(20-12-7-13-21(15-20)28(31)32)24(18(2)27-17)26(30)34-14-8-11-19-9-5-4-6-10-19/h4-13,15,25,27H,14,16H2,1-3H3/b11-8+. The van der Waals surface area contributed by atoms with Crippen LogP contribution in [0.4, 0.5) is 5.69 Å². The Hall–Kier alpha value is -4.20. The lowest BCUT2D eigenvalue weighted by Gasteiger charge is -2.31. The molecule has 0 spiro atoms. The van der Waals surface area contributed by atoms with E-state index in [1.54, 1.807) is 32.1 Å². The number of carbonyl (C=O) groups is 2. The molecule has 1 heterocycles. The molecule has 0 aromatic heterocycles. The maximum Gasteiger partial charge on any atom is 0.337 e. The quantitative estimate of drug-likeness (QED) is 0.346. The molecule has 0 saturated carbocycles. The van der Waals surface area contributed by atoms with E-state index in [0.717, 1.165) is 5.56 Å². The number of ether oxygens (including phenoxy) is 2. The van der Waals surface area contributed by atoms with Crippen LogP contribution < -0.4 is 5.32 Å². The van der Waals surface area contributed by atoms with Gasteiger partial charge >= 0.3 is 11.9 Å². The van der Waals surface area contributed by atoms with Crippen LogP contribution in [0.5, 0.6) is 0 Å². The van der Waals surface area contributed by atoms with E-state index in [0.29, 0.717) is 22.5 Å². The fourth-order valence-electron chi connectivity index (χ4n) is 3.91. The minimum absolute atomic E-state index is 0.0429. The van der Waals surface area contributed by atoms with Crippen LogP contribution in [0.2, 0.25) is 0 Å². The first-order chi connectivity index (χ1) is 16.3. The van der Waals surface area contributed by atoms with Crippen molar-refractivity contribution in [3.05, 3.63) is 104 Å². The summed E-state index contributed by atoms with van der Waals surface area (Å²) in [4.78, 5) is 36.2. The highest BCUT2D eigenvalue weighted by Crippen LogP contribution is 2.41. The van der Waals surface area contributed by atoms with Gasteiger partial charge in [0.15, 0.2) is 0 Å². The Balaban J connectivity index is 1.94. The molecule has 8 heteroatoms. The largest absolute Gasteiger partial charge is 0.469 e. The molecule has 2 aromatic carbocycles. The molecule has 2 aromatic rings. The molecule has 0 aliphatic carbocycles. The van der Waals surface area contributed by atoms with Crippen molar-refractivity contribution in [2.45, 2.75) is 26.2 Å². The van der Waals surface area contributed by atoms with Crippen LogP contribution in [-0.2, 0) is 19.1 Å². The molecule has 1 aliphatic rings. The Morgan fingerprint density at radius 1 is 1.09 bits per heavy atom. The summed E-state index contributed by atoms with van der Waals surface area (Å²) < 4.78 is 10.4. The average Bonchev–Trinajstić information content (AvgIpc) is 2.83. The number of nitrogens with zero attached hydrogens (tertiary/aromatic N) is 1. The number of carbonyl (C=O) groups excluding carboxylic acids is 2. The van der Waals surface area contributed by atoms with Gasteiger partial charge in [-0.3, -0.25) is 14.9 Å². The van der Waals surface area contributed by atoms with Gasteiger partial charge in [-0.05, 0) is 36.6 Å². The van der Waals surface area contributed by atoms with Crippen molar-refractivity contribution in [3.8, 4) is 0 Å². The van der Waals surface area contributed by atoms with Crippen molar-refractivity contribution >= 4 is 23.7 Å². The van der Waals surface area contributed by atoms with Crippen molar-refractivity contribution in [1.82, 2.24) is 5.32 Å². The van der Waals surface area contributed by atoms with Crippen LogP contribution in [0.25, 0.3) is 6.08 Å². The molecule has 1 N–H and O–H groups in total. The molecule has 1 aliphatic heterocycles. The van der Waals surface area contributed by atoms with Crippen molar-refractivity contribution in [2.24, 2.45) is 0 Å². The van der Waals surface area contributed by atoms with E-state index < -0.39 is 22.8 Å². The smallest absolute Gasteiger partial charge is 0.337 e. The SMILES string of the molecule is COC(=O)CC1=C(C)NC(C)=C(C(=O)OC/C=C/c2ccccc2)C1c1cccc([N+](=O)[O-])c1. The van der Waals surface area contributed by atoms with Crippen LogP contribution in [0.3, 0.4) is 0 Å². The van der Waals surface area contributed by atoms with Crippen molar-refractivity contribution in [3.63, 3.8) is 0 Å². The van der Waals surface area contributed by atoms with Gasteiger partial charge in [0.25, 0.3) is 5.69 Å². The summed E-state index contributed by atoms with van der Waals surface area (Å²) in [6.07, 6.45) is 3.50. The number of non-ortho nitro benzene ring substituents is 1. The van der Waals surface area contributed by atoms with E-state index in [2.05, 4.69) is 5.32 Å². The van der Waals surface area contributed by atoms with Gasteiger partial charge in [0.05, 0.1) is 24.0 Å². The second-order valence-corrected chi connectivity index (χ2v) is 7.76. The molecule has 0 amide bonds. The van der Waals surface area contributed by atoms with Crippen LogP contribution >= 0.6 is 0 Å². The second kappa shape index (κ2) is 11.1. The summed E-state index contributed by atoms with van der Waals surface area (Å²) in [5.74, 6) is -1.76. The number of esters is 2. The molecular weight excluding hydrogens is 436 g/mol. The molecule has 1 atom stereocenters. The number of benzene rings is 2. The Labute approximate surface area is 197 Å². The molecule has 1 unspecified atom stereocenters. The number of nitro benzene ring substituents is 1. The Morgan fingerprint density at radius 3 is 2.50 bits per heavy atom. The van der Waals surface area contributed by atoms with Crippen LogP contribution in [0.15, 0.2) is 83.2 Å². The van der Waals surface area contributed by atoms with Gasteiger partial charge < -0.3 is 14.8 Å². The normalized spacial score (nSPS) is 15.8. The third kappa shape index (κ3) is 5.78. The van der Waals surface area contributed by atoms with E-state index in [1.807, 2.05) is 36.4 Å². The number of nitro groups is 1. The van der Waals surface area contributed by atoms with Crippen LogP contribution in [0.1, 0.15) is 37.3 Å². The van der Waals surface area contributed by atoms with Gasteiger partial charge in [-0.25, -0.2) is 4.79 Å². The lowest BCUT2D eigenvalue weighted by atomic mass is 9.79. The maximum absolute atomic E-state index is 13.2. The molecular formula is C26H26N2O6. The average molecular weight is 463 g/mol. The summed E-state index contributed by atoms with van der Waals surface area (Å²) in [6.45, 7) is 3.57. The van der Waals surface area contributed by atoms with Gasteiger partial charge in [-0.15, -0.1) is 0 Å². The molecule has 34 heavy (non-hydrogen) atoms. The Bertz CT molecular complexity index is 1180. The monoisotopic (exact) mass is 462 g/mol. The third-order valence-electron chi connectivity index (χ3n) is 5.52. The van der Waals surface area contributed by atoms with E-state index in [4.69, 9.17) is 9.47 Å². The van der Waals surface area contributed by atoms with Gasteiger partial charge in [0.2, 0.25) is 0 Å². The fraction of sp³-hybridized carbons (Fsp3) is 0.231. The lowest BCUT2D eigenvalue weighted by Crippen LogP contribution is -2.30. The van der Waals surface area contributed by atoms with Gasteiger partial charge in [0, 0.05) is 29.4 Å². The van der Waals surface area contributed by atoms with Crippen LogP contribution in [-0.4, -0.2) is 30.6 Å². The first-order valence-corrected chi connectivity index (χ1v) is 10.7. The maximum atomic E-state index is 13.2. The van der Waals surface area contributed by atoms with E-state index in [1.165, 1.54) is 19.2 Å². The second-order valence-electron chi connectivity index (χ2n) is 7.76. The number of hydrogen-bond acceptors (Lipinski definition) is 7. The zero-order valence-corrected chi connectivity index (χ0v) is 19.2. The van der Waals surface area contributed by atoms with Crippen molar-refractivity contribution < 1.29 is 24.0 Å². The fourth-order valence-corrected chi connectivity index (χ4v) is 3.91. The Kier molecular flexibility index (Phi) is 7.97. The first kappa shape index (κ1) is 24.4. The molecule has 0 saturated heterocycles. The minimum atomic E-state index is -0.703. The summed E-state index contributed by atoms with van der Waals surface area (Å²) in [5, 5.41) is 14.5. The van der Waals surface area contributed by atoms with E-state index in [9.17, 15) is 19.7 Å². The third-order valence-corrected chi connectivity index (χ3v) is 5.52. The van der Waals surface area contributed by atoms with Gasteiger partial charge in [-0.1, -0.05) is 48.5 Å². The number of methoxy groups -OCH3 is 1. The predicted octanol–water partition coefficient (Wildman–Crippen LogP) is 4.65. The predicted molar refractivity (Wildman–Crippen MR) is 127 cm³/mol. The van der Waals surface area contributed by atoms with E-state index in [-0.39, 0.29) is 24.3 Å². The molecule has 176 valence electrons. The lowest BCUT2D eigenvalue weighted by molar-refractivity contribution is -0.384. The number of allylic oxidation sites excluding steroid dienone is 2. The van der Waals surface area contributed by atoms with Crippen LogP contribution in [0, 0.1) is 10.1 Å². The zero-order valence-electron chi connectivity index (χ0n) is 19.2. The topological polar surface area (TPSA) is 108 Å². The molecule has 3 rings (SSSR count). The summed E-state index contributed by atoms with van der Waals surface area (Å²) in [7, 11) is 1.28. The minimum Gasteiger partial charge on any atom is -0.469 e. The molecule has 0 fully saturated rings. The highest BCUT2D eigenvalue weighted by Gasteiger charge is 2.35.